The molecule has 0 aliphatic rings. The molecule has 186 valence electrons. The normalized spacial score (nSPS) is 12.2. The van der Waals surface area contributed by atoms with Crippen LogP contribution in [-0.2, 0) is 26.2 Å². The number of likely N-dealkylation sites (N-methyl/N-ethyl adjacent to an activating group) is 1. The van der Waals surface area contributed by atoms with E-state index >= 15 is 0 Å². The lowest BCUT2D eigenvalue weighted by Crippen LogP contribution is -2.51. The van der Waals surface area contributed by atoms with Crippen LogP contribution in [0.2, 0.25) is 25.1 Å². The van der Waals surface area contributed by atoms with Crippen LogP contribution in [0.25, 0.3) is 0 Å². The van der Waals surface area contributed by atoms with Gasteiger partial charge < -0.3 is 10.2 Å². The molecule has 0 saturated heterocycles. The smallest absolute Gasteiger partial charge is 0.244 e. The molecule has 13 heteroatoms. The summed E-state index contributed by atoms with van der Waals surface area (Å²) in [6.07, 6.45) is 0.923. The third-order valence-corrected chi connectivity index (χ3v) is 7.55. The van der Waals surface area contributed by atoms with E-state index in [-0.39, 0.29) is 27.3 Å². The number of carbonyl (C=O) groups is 2. The molecule has 0 saturated carbocycles. The molecule has 0 radical (unpaired) electrons. The van der Waals surface area contributed by atoms with Gasteiger partial charge in [0, 0.05) is 23.1 Å². The van der Waals surface area contributed by atoms with Crippen molar-refractivity contribution in [2.24, 2.45) is 0 Å². The predicted octanol–water partition coefficient (Wildman–Crippen LogP) is 5.27. The highest BCUT2D eigenvalue weighted by molar-refractivity contribution is 7.92. The van der Waals surface area contributed by atoms with E-state index in [2.05, 4.69) is 5.32 Å². The van der Waals surface area contributed by atoms with Crippen molar-refractivity contribution in [3.05, 3.63) is 61.0 Å². The van der Waals surface area contributed by atoms with E-state index in [9.17, 15) is 18.0 Å². The van der Waals surface area contributed by atoms with Crippen LogP contribution in [0, 0.1) is 0 Å². The largest absolute Gasteiger partial charge is 0.355 e. The molecule has 1 N–H and O–H groups in total. The summed E-state index contributed by atoms with van der Waals surface area (Å²) in [6.45, 7) is 2.90. The Kier molecular flexibility index (Phi) is 10.2. The van der Waals surface area contributed by atoms with Crippen molar-refractivity contribution in [1.29, 1.82) is 0 Å². The maximum atomic E-state index is 13.4. The zero-order valence-corrected chi connectivity index (χ0v) is 23.0. The van der Waals surface area contributed by atoms with Crippen LogP contribution in [0.1, 0.15) is 19.4 Å². The fourth-order valence-corrected chi connectivity index (χ4v) is 5.05. The Balaban J connectivity index is 2.49. The summed E-state index contributed by atoms with van der Waals surface area (Å²) in [4.78, 5) is 27.2. The number of benzene rings is 2. The number of nitrogens with zero attached hydrogens (tertiary/aromatic N) is 2. The Morgan fingerprint density at radius 1 is 0.971 bits per heavy atom. The quantitative estimate of drug-likeness (QED) is 0.404. The molecule has 2 rings (SSSR count). The van der Waals surface area contributed by atoms with Crippen molar-refractivity contribution in [1.82, 2.24) is 10.2 Å². The highest BCUT2D eigenvalue weighted by atomic mass is 35.5. The minimum Gasteiger partial charge on any atom is -0.355 e. The van der Waals surface area contributed by atoms with Crippen LogP contribution in [-0.4, -0.2) is 50.5 Å². The number of hydrogen-bond acceptors (Lipinski definition) is 4. The van der Waals surface area contributed by atoms with Gasteiger partial charge in [0.1, 0.15) is 12.6 Å². The molecule has 0 aliphatic heterocycles. The second kappa shape index (κ2) is 12.0. The lowest BCUT2D eigenvalue weighted by atomic mass is 10.1. The van der Waals surface area contributed by atoms with Crippen molar-refractivity contribution in [3.8, 4) is 0 Å². The lowest BCUT2D eigenvalue weighted by Gasteiger charge is -2.32. The van der Waals surface area contributed by atoms with Gasteiger partial charge in [0.15, 0.2) is 0 Å². The third-order valence-electron chi connectivity index (χ3n) is 4.81. The van der Waals surface area contributed by atoms with Crippen LogP contribution < -0.4 is 9.62 Å². The molecule has 2 aromatic rings. The summed E-state index contributed by atoms with van der Waals surface area (Å²) in [5.41, 5.74) is 0.496. The minimum absolute atomic E-state index is 0.0169. The Morgan fingerprint density at radius 3 is 2.15 bits per heavy atom. The van der Waals surface area contributed by atoms with Gasteiger partial charge in [0.2, 0.25) is 21.8 Å². The topological polar surface area (TPSA) is 86.8 Å². The van der Waals surface area contributed by atoms with Gasteiger partial charge in [-0.2, -0.15) is 0 Å². The van der Waals surface area contributed by atoms with E-state index in [1.54, 1.807) is 19.1 Å². The Labute approximate surface area is 223 Å². The molecule has 0 heterocycles. The van der Waals surface area contributed by atoms with Gasteiger partial charge in [-0.1, -0.05) is 64.1 Å². The fourth-order valence-electron chi connectivity index (χ4n) is 3.04. The fraction of sp³-hybridized carbons (Fsp3) is 0.333. The van der Waals surface area contributed by atoms with E-state index < -0.39 is 34.4 Å². The average molecular weight is 590 g/mol. The SMILES string of the molecule is CCNC(=O)[C@H](C)N(Cc1ccc(Cl)cc1Cl)C(=O)CN(c1cc(Cl)c(Cl)cc1Cl)S(C)(=O)=O. The number of rotatable bonds is 9. The number of amides is 2. The summed E-state index contributed by atoms with van der Waals surface area (Å²) in [6, 6.07) is 6.33. The summed E-state index contributed by atoms with van der Waals surface area (Å²) in [5, 5.41) is 3.52. The molecule has 0 aliphatic carbocycles. The van der Waals surface area contributed by atoms with Gasteiger partial charge in [-0.3, -0.25) is 13.9 Å². The van der Waals surface area contributed by atoms with E-state index in [1.807, 2.05) is 0 Å². The van der Waals surface area contributed by atoms with Gasteiger partial charge >= 0.3 is 0 Å². The van der Waals surface area contributed by atoms with Crippen LogP contribution in [0.5, 0.6) is 0 Å². The molecule has 1 atom stereocenters. The van der Waals surface area contributed by atoms with Crippen molar-refractivity contribution < 1.29 is 18.0 Å². The monoisotopic (exact) mass is 587 g/mol. The van der Waals surface area contributed by atoms with Crippen molar-refractivity contribution in [2.45, 2.75) is 26.4 Å². The highest BCUT2D eigenvalue weighted by Crippen LogP contribution is 2.35. The Bertz CT molecular complexity index is 1190. The summed E-state index contributed by atoms with van der Waals surface area (Å²) < 4.78 is 26.0. The summed E-state index contributed by atoms with van der Waals surface area (Å²) in [5.74, 6) is -1.09. The molecule has 7 nitrogen and oxygen atoms in total. The molecule has 2 aromatic carbocycles. The summed E-state index contributed by atoms with van der Waals surface area (Å²) in [7, 11) is -3.99. The molecule has 0 unspecified atom stereocenters. The first kappa shape index (κ1) is 28.8. The van der Waals surface area contributed by atoms with Crippen LogP contribution >= 0.6 is 58.0 Å². The average Bonchev–Trinajstić information content (AvgIpc) is 2.73. The highest BCUT2D eigenvalue weighted by Gasteiger charge is 2.31. The van der Waals surface area contributed by atoms with Crippen LogP contribution in [0.3, 0.4) is 0 Å². The molecule has 0 aromatic heterocycles. The zero-order chi connectivity index (χ0) is 25.8. The second-order valence-electron chi connectivity index (χ2n) is 7.32. The van der Waals surface area contributed by atoms with E-state index in [0.717, 1.165) is 10.6 Å². The van der Waals surface area contributed by atoms with E-state index in [0.29, 0.717) is 22.2 Å². The first-order valence-corrected chi connectivity index (χ1v) is 13.6. The lowest BCUT2D eigenvalue weighted by molar-refractivity contribution is -0.139. The number of sulfonamides is 1. The summed E-state index contributed by atoms with van der Waals surface area (Å²) >= 11 is 30.5. The molecule has 0 spiro atoms. The van der Waals surface area contributed by atoms with Gasteiger partial charge in [-0.25, -0.2) is 8.42 Å². The van der Waals surface area contributed by atoms with Crippen molar-refractivity contribution in [3.63, 3.8) is 0 Å². The molecular weight excluding hydrogens is 568 g/mol. The first-order chi connectivity index (χ1) is 15.8. The molecular formula is C21H22Cl5N3O4S. The van der Waals surface area contributed by atoms with Gasteiger partial charge in [-0.15, -0.1) is 0 Å². The Morgan fingerprint density at radius 2 is 1.59 bits per heavy atom. The second-order valence-corrected chi connectivity index (χ2v) is 11.3. The molecule has 0 fully saturated rings. The molecule has 0 bridgehead atoms. The first-order valence-electron chi connectivity index (χ1n) is 9.89. The predicted molar refractivity (Wildman–Crippen MR) is 139 cm³/mol. The van der Waals surface area contributed by atoms with Crippen LogP contribution in [0.15, 0.2) is 30.3 Å². The minimum atomic E-state index is -3.99. The van der Waals surface area contributed by atoms with Gasteiger partial charge in [-0.05, 0) is 43.7 Å². The zero-order valence-electron chi connectivity index (χ0n) is 18.4. The number of nitrogens with one attached hydrogen (secondary N) is 1. The standard InChI is InChI=1S/C21H22Cl5N3O4S/c1-4-27-21(31)12(2)28(10-13-5-6-14(22)7-15(13)23)20(30)11-29(34(3,32)33)19-9-17(25)16(24)8-18(19)26/h5-9,12H,4,10-11H2,1-3H3,(H,27,31)/t12-/m0/s1. The van der Waals surface area contributed by atoms with Gasteiger partial charge in [0.05, 0.1) is 27.0 Å². The molecule has 2 amide bonds. The maximum Gasteiger partial charge on any atom is 0.244 e. The van der Waals surface area contributed by atoms with E-state index in [4.69, 9.17) is 58.0 Å². The van der Waals surface area contributed by atoms with E-state index in [1.165, 1.54) is 30.0 Å². The number of carbonyl (C=O) groups excluding carboxylic acids is 2. The van der Waals surface area contributed by atoms with Crippen LogP contribution in [0.4, 0.5) is 5.69 Å². The number of anilines is 1. The molecule has 34 heavy (non-hydrogen) atoms. The number of hydrogen-bond donors (Lipinski definition) is 1. The third kappa shape index (κ3) is 7.29. The number of halogens is 5. The van der Waals surface area contributed by atoms with Crippen molar-refractivity contribution >= 4 is 85.5 Å². The van der Waals surface area contributed by atoms with Gasteiger partial charge in [0.25, 0.3) is 0 Å². The maximum absolute atomic E-state index is 13.4. The Hall–Kier alpha value is -1.42. The van der Waals surface area contributed by atoms with Crippen molar-refractivity contribution in [2.75, 3.05) is 23.7 Å².